The van der Waals surface area contributed by atoms with E-state index in [2.05, 4.69) is 28.7 Å². The van der Waals surface area contributed by atoms with Gasteiger partial charge in [0, 0.05) is 10.6 Å². The predicted molar refractivity (Wildman–Crippen MR) is 75.1 cm³/mol. The highest BCUT2D eigenvalue weighted by Crippen LogP contribution is 2.43. The minimum absolute atomic E-state index is 0.434. The van der Waals surface area contributed by atoms with Gasteiger partial charge < -0.3 is 0 Å². The largest absolute Gasteiger partial charge is 0.352 e. The van der Waals surface area contributed by atoms with Gasteiger partial charge in [-0.1, -0.05) is 12.1 Å². The second-order valence-electron chi connectivity index (χ2n) is 4.22. The van der Waals surface area contributed by atoms with E-state index in [9.17, 15) is 4.79 Å². The van der Waals surface area contributed by atoms with Gasteiger partial charge in [0.1, 0.15) is 0 Å². The molecule has 1 aromatic rings. The van der Waals surface area contributed by atoms with Crippen LogP contribution in [0.3, 0.4) is 0 Å². The number of hydrazine groups is 2. The van der Waals surface area contributed by atoms with Crippen LogP contribution in [0.5, 0.6) is 0 Å². The van der Waals surface area contributed by atoms with Gasteiger partial charge in [-0.05, 0) is 53.0 Å². The van der Waals surface area contributed by atoms with Crippen LogP contribution in [0.25, 0.3) is 0 Å². The Kier molecular flexibility index (Phi) is 3.55. The number of benzene rings is 1. The van der Waals surface area contributed by atoms with Crippen molar-refractivity contribution >= 4 is 34.3 Å². The highest BCUT2D eigenvalue weighted by Gasteiger charge is 2.28. The third-order valence-corrected chi connectivity index (χ3v) is 3.97. The van der Waals surface area contributed by atoms with E-state index in [1.165, 1.54) is 25.5 Å². The number of nitrogens with two attached hydrogens (primary N) is 2. The van der Waals surface area contributed by atoms with Crippen molar-refractivity contribution in [2.24, 2.45) is 11.7 Å². The van der Waals surface area contributed by atoms with Gasteiger partial charge in [-0.2, -0.15) is 0 Å². The number of hydrogen-bond donors (Lipinski definition) is 2. The molecule has 0 bridgehead atoms. The van der Waals surface area contributed by atoms with Gasteiger partial charge in [0.15, 0.2) is 0 Å². The monoisotopic (exact) mass is 346 g/mol. The van der Waals surface area contributed by atoms with Crippen molar-refractivity contribution < 1.29 is 4.79 Å². The van der Waals surface area contributed by atoms with E-state index in [1.54, 1.807) is 0 Å². The minimum atomic E-state index is -0.434. The van der Waals surface area contributed by atoms with Crippen molar-refractivity contribution in [3.8, 4) is 0 Å². The first-order valence-electron chi connectivity index (χ1n) is 5.38. The number of hydrogen-bond acceptors (Lipinski definition) is 3. The van der Waals surface area contributed by atoms with Crippen LogP contribution in [-0.4, -0.2) is 18.1 Å². The molecule has 1 aliphatic rings. The number of carbonyl (C=O) groups excluding carboxylic acids is 1. The van der Waals surface area contributed by atoms with Gasteiger partial charge in [0.2, 0.25) is 0 Å². The molecule has 92 valence electrons. The van der Waals surface area contributed by atoms with E-state index in [1.807, 2.05) is 12.1 Å². The molecule has 5 nitrogen and oxygen atoms in total. The fourth-order valence-corrected chi connectivity index (χ4v) is 2.77. The molecule has 0 radical (unpaired) electrons. The van der Waals surface area contributed by atoms with Crippen LogP contribution in [0.15, 0.2) is 18.2 Å². The molecule has 1 fully saturated rings. The third kappa shape index (κ3) is 2.53. The van der Waals surface area contributed by atoms with Crippen LogP contribution < -0.4 is 16.7 Å². The van der Waals surface area contributed by atoms with Gasteiger partial charge in [-0.3, -0.25) is 5.01 Å². The molecule has 0 aliphatic heterocycles. The van der Waals surface area contributed by atoms with Crippen LogP contribution in [0.2, 0.25) is 0 Å². The molecule has 0 atom stereocenters. The Morgan fingerprint density at radius 2 is 2.06 bits per heavy atom. The van der Waals surface area contributed by atoms with Crippen molar-refractivity contribution in [1.29, 1.82) is 0 Å². The Morgan fingerprint density at radius 1 is 1.41 bits per heavy atom. The van der Waals surface area contributed by atoms with Crippen LogP contribution in [0.4, 0.5) is 10.5 Å². The molecule has 1 aliphatic carbocycles. The Bertz CT molecular complexity index is 445. The summed E-state index contributed by atoms with van der Waals surface area (Å²) in [4.78, 5) is 11.7. The lowest BCUT2D eigenvalue weighted by Crippen LogP contribution is -2.48. The molecule has 1 saturated carbocycles. The standard InChI is InChI=1S/C11H15IN4O/c1-15(13)11(17)16(14)9-4-2-3-8(10(9)12)7-5-6-7/h2-4,7H,5-6,13-14H2,1H3. The SMILES string of the molecule is CN(N)C(=O)N(N)c1cccc(C2CC2)c1I. The van der Waals surface area contributed by atoms with E-state index in [0.717, 1.165) is 13.6 Å². The lowest BCUT2D eigenvalue weighted by molar-refractivity contribution is 0.216. The fourth-order valence-electron chi connectivity index (χ4n) is 1.71. The number of urea groups is 1. The van der Waals surface area contributed by atoms with Gasteiger partial charge in [0.05, 0.1) is 5.69 Å². The van der Waals surface area contributed by atoms with Crippen molar-refractivity contribution in [1.82, 2.24) is 5.01 Å². The minimum Gasteiger partial charge on any atom is -0.264 e. The zero-order valence-electron chi connectivity index (χ0n) is 9.56. The molecule has 0 spiro atoms. The molecule has 0 saturated heterocycles. The molecule has 4 N–H and O–H groups in total. The van der Waals surface area contributed by atoms with E-state index in [-0.39, 0.29) is 0 Å². The molecule has 2 amide bonds. The second kappa shape index (κ2) is 4.79. The summed E-state index contributed by atoms with van der Waals surface area (Å²) >= 11 is 2.23. The summed E-state index contributed by atoms with van der Waals surface area (Å²) in [5, 5.41) is 2.06. The smallest absolute Gasteiger partial charge is 0.264 e. The molecule has 0 unspecified atom stereocenters. The Hall–Kier alpha value is -0.860. The molecule has 0 aromatic heterocycles. The zero-order valence-corrected chi connectivity index (χ0v) is 11.7. The van der Waals surface area contributed by atoms with E-state index >= 15 is 0 Å². The number of amides is 2. The van der Waals surface area contributed by atoms with Gasteiger partial charge in [-0.15, -0.1) is 0 Å². The number of nitrogens with zero attached hydrogens (tertiary/aromatic N) is 2. The maximum Gasteiger partial charge on any atom is 0.352 e. The van der Waals surface area contributed by atoms with Crippen LogP contribution in [-0.2, 0) is 0 Å². The lowest BCUT2D eigenvalue weighted by atomic mass is 10.1. The Labute approximate surface area is 114 Å². The first-order chi connectivity index (χ1) is 8.02. The summed E-state index contributed by atoms with van der Waals surface area (Å²) in [6.45, 7) is 0. The van der Waals surface area contributed by atoms with E-state index in [4.69, 9.17) is 11.7 Å². The lowest BCUT2D eigenvalue weighted by Gasteiger charge is -2.22. The predicted octanol–water partition coefficient (Wildman–Crippen LogP) is 1.77. The highest BCUT2D eigenvalue weighted by atomic mass is 127. The summed E-state index contributed by atoms with van der Waals surface area (Å²) in [5.74, 6) is 11.8. The average molecular weight is 346 g/mol. The van der Waals surface area contributed by atoms with Gasteiger partial charge in [-0.25, -0.2) is 21.5 Å². The second-order valence-corrected chi connectivity index (χ2v) is 5.30. The molecule has 2 rings (SSSR count). The molecular formula is C11H15IN4O. The molecule has 17 heavy (non-hydrogen) atoms. The number of rotatable bonds is 2. The van der Waals surface area contributed by atoms with Crippen LogP contribution in [0.1, 0.15) is 24.3 Å². The fraction of sp³-hybridized carbons (Fsp3) is 0.364. The van der Waals surface area contributed by atoms with Crippen molar-refractivity contribution in [2.75, 3.05) is 12.1 Å². The normalized spacial score (nSPS) is 14.6. The summed E-state index contributed by atoms with van der Waals surface area (Å²) < 4.78 is 1.03. The summed E-state index contributed by atoms with van der Waals surface area (Å²) in [7, 11) is 1.47. The first kappa shape index (κ1) is 12.6. The summed E-state index contributed by atoms with van der Waals surface area (Å²) in [6.07, 6.45) is 2.43. The number of carbonyl (C=O) groups is 1. The quantitative estimate of drug-likeness (QED) is 0.371. The first-order valence-corrected chi connectivity index (χ1v) is 6.46. The van der Waals surface area contributed by atoms with Crippen molar-refractivity contribution in [3.63, 3.8) is 0 Å². The summed E-state index contributed by atoms with van der Waals surface area (Å²) in [6, 6.07) is 5.41. The molecular weight excluding hydrogens is 331 g/mol. The maximum absolute atomic E-state index is 11.7. The molecule has 0 heterocycles. The van der Waals surface area contributed by atoms with Crippen LogP contribution >= 0.6 is 22.6 Å². The van der Waals surface area contributed by atoms with Gasteiger partial charge >= 0.3 is 6.03 Å². The Morgan fingerprint density at radius 3 is 2.59 bits per heavy atom. The van der Waals surface area contributed by atoms with Crippen molar-refractivity contribution in [2.45, 2.75) is 18.8 Å². The number of anilines is 1. The zero-order chi connectivity index (χ0) is 12.6. The van der Waals surface area contributed by atoms with E-state index in [0.29, 0.717) is 11.6 Å². The Balaban J connectivity index is 2.32. The van der Waals surface area contributed by atoms with Gasteiger partial charge in [0.25, 0.3) is 0 Å². The maximum atomic E-state index is 11.7. The average Bonchev–Trinajstić information content (AvgIpc) is 3.11. The van der Waals surface area contributed by atoms with Crippen LogP contribution in [0, 0.1) is 3.57 Å². The van der Waals surface area contributed by atoms with Crippen molar-refractivity contribution in [3.05, 3.63) is 27.3 Å². The van der Waals surface area contributed by atoms with E-state index < -0.39 is 6.03 Å². The third-order valence-electron chi connectivity index (χ3n) is 2.79. The molecule has 6 heteroatoms. The summed E-state index contributed by atoms with van der Waals surface area (Å²) in [5.41, 5.74) is 1.98. The molecule has 1 aromatic carbocycles. The highest BCUT2D eigenvalue weighted by molar-refractivity contribution is 14.1. The number of halogens is 1. The topological polar surface area (TPSA) is 75.6 Å².